The molecule has 0 spiro atoms. The summed E-state index contributed by atoms with van der Waals surface area (Å²) in [6.45, 7) is 0.896. The largest absolute Gasteiger partial charge is 0.356 e. The average molecular weight is 289 g/mol. The molecular weight excluding hydrogens is 262 g/mol. The minimum Gasteiger partial charge on any atom is -0.356 e. The lowest BCUT2D eigenvalue weighted by Gasteiger charge is -2.21. The lowest BCUT2D eigenvalue weighted by atomic mass is 9.85. The van der Waals surface area contributed by atoms with Gasteiger partial charge >= 0.3 is 0 Å². The van der Waals surface area contributed by atoms with Crippen LogP contribution in [0.15, 0.2) is 12.4 Å². The molecule has 4 nitrogen and oxygen atoms in total. The van der Waals surface area contributed by atoms with Crippen molar-refractivity contribution in [1.82, 2.24) is 15.1 Å². The predicted octanol–water partition coefficient (Wildman–Crippen LogP) is 2.69. The summed E-state index contributed by atoms with van der Waals surface area (Å²) in [5, 5.41) is 7.25. The average Bonchev–Trinajstić information content (AvgIpc) is 3.17. The molecule has 2 saturated carbocycles. The van der Waals surface area contributed by atoms with E-state index in [9.17, 15) is 4.79 Å². The van der Waals surface area contributed by atoms with E-state index in [4.69, 9.17) is 0 Å². The number of aryl methyl sites for hydroxylation is 2. The zero-order valence-corrected chi connectivity index (χ0v) is 13.1. The van der Waals surface area contributed by atoms with Crippen molar-refractivity contribution in [3.05, 3.63) is 18.0 Å². The van der Waals surface area contributed by atoms with E-state index in [-0.39, 0.29) is 5.91 Å². The van der Waals surface area contributed by atoms with Crippen molar-refractivity contribution in [2.45, 2.75) is 51.4 Å². The third-order valence-corrected chi connectivity index (χ3v) is 5.19. The van der Waals surface area contributed by atoms with Gasteiger partial charge in [-0.2, -0.15) is 5.10 Å². The van der Waals surface area contributed by atoms with Gasteiger partial charge in [0.2, 0.25) is 5.91 Å². The molecule has 0 aliphatic heterocycles. The zero-order valence-electron chi connectivity index (χ0n) is 13.1. The van der Waals surface area contributed by atoms with Crippen molar-refractivity contribution in [1.29, 1.82) is 0 Å². The van der Waals surface area contributed by atoms with E-state index in [1.807, 2.05) is 19.4 Å². The lowest BCUT2D eigenvalue weighted by molar-refractivity contribution is -0.121. The summed E-state index contributed by atoms with van der Waals surface area (Å²) < 4.78 is 1.78. The number of nitrogens with one attached hydrogen (secondary N) is 1. The number of hydrogen-bond acceptors (Lipinski definition) is 2. The highest BCUT2D eigenvalue weighted by Gasteiger charge is 2.42. The van der Waals surface area contributed by atoms with Gasteiger partial charge in [0.05, 0.1) is 6.20 Å². The van der Waals surface area contributed by atoms with Gasteiger partial charge in [0.1, 0.15) is 0 Å². The Morgan fingerprint density at radius 1 is 1.38 bits per heavy atom. The summed E-state index contributed by atoms with van der Waals surface area (Å²) in [5.74, 6) is 2.81. The fourth-order valence-electron chi connectivity index (χ4n) is 3.84. The summed E-state index contributed by atoms with van der Waals surface area (Å²) in [7, 11) is 1.90. The first-order valence-corrected chi connectivity index (χ1v) is 8.46. The molecular formula is C17H27N3O. The Kier molecular flexibility index (Phi) is 4.61. The topological polar surface area (TPSA) is 46.9 Å². The van der Waals surface area contributed by atoms with Crippen molar-refractivity contribution in [2.75, 3.05) is 6.54 Å². The van der Waals surface area contributed by atoms with Crippen LogP contribution >= 0.6 is 0 Å². The molecule has 1 heterocycles. The summed E-state index contributed by atoms with van der Waals surface area (Å²) in [4.78, 5) is 11.9. The van der Waals surface area contributed by atoms with Gasteiger partial charge < -0.3 is 5.32 Å². The van der Waals surface area contributed by atoms with Crippen LogP contribution in [0.1, 0.15) is 50.5 Å². The van der Waals surface area contributed by atoms with Crippen molar-refractivity contribution < 1.29 is 4.79 Å². The Labute approximate surface area is 127 Å². The quantitative estimate of drug-likeness (QED) is 0.875. The Bertz CT molecular complexity index is 476. The molecule has 0 saturated heterocycles. The second-order valence-electron chi connectivity index (χ2n) is 6.88. The van der Waals surface area contributed by atoms with Gasteiger partial charge in [-0.25, -0.2) is 0 Å². The molecule has 1 N–H and O–H groups in total. The Balaban J connectivity index is 1.31. The van der Waals surface area contributed by atoms with Crippen LogP contribution in [0.5, 0.6) is 0 Å². The molecule has 1 aromatic heterocycles. The van der Waals surface area contributed by atoms with Crippen LogP contribution in [0.4, 0.5) is 0 Å². The summed E-state index contributed by atoms with van der Waals surface area (Å²) in [6.07, 6.45) is 13.7. The molecule has 1 amide bonds. The summed E-state index contributed by atoms with van der Waals surface area (Å²) >= 11 is 0. The van der Waals surface area contributed by atoms with Gasteiger partial charge in [-0.05, 0) is 36.2 Å². The highest BCUT2D eigenvalue weighted by atomic mass is 16.1. The van der Waals surface area contributed by atoms with Gasteiger partial charge in [0, 0.05) is 26.2 Å². The van der Waals surface area contributed by atoms with E-state index in [1.165, 1.54) is 38.5 Å². The van der Waals surface area contributed by atoms with Crippen molar-refractivity contribution in [3.8, 4) is 0 Å². The van der Waals surface area contributed by atoms with E-state index in [1.54, 1.807) is 4.68 Å². The molecule has 0 aromatic carbocycles. The Hall–Kier alpha value is -1.32. The Morgan fingerprint density at radius 3 is 2.90 bits per heavy atom. The first-order valence-electron chi connectivity index (χ1n) is 8.46. The maximum absolute atomic E-state index is 11.9. The fraction of sp³-hybridized carbons (Fsp3) is 0.765. The number of carbonyl (C=O) groups is 1. The van der Waals surface area contributed by atoms with Crippen molar-refractivity contribution in [2.24, 2.45) is 24.8 Å². The molecule has 0 unspecified atom stereocenters. The predicted molar refractivity (Wildman–Crippen MR) is 82.7 cm³/mol. The molecule has 21 heavy (non-hydrogen) atoms. The maximum atomic E-state index is 11.9. The zero-order chi connectivity index (χ0) is 14.7. The van der Waals surface area contributed by atoms with E-state index < -0.39 is 0 Å². The van der Waals surface area contributed by atoms with Gasteiger partial charge in [-0.3, -0.25) is 9.48 Å². The smallest absolute Gasteiger partial charge is 0.220 e. The van der Waals surface area contributed by atoms with Gasteiger partial charge in [-0.15, -0.1) is 0 Å². The molecule has 2 aliphatic carbocycles. The number of rotatable bonds is 6. The van der Waals surface area contributed by atoms with Crippen molar-refractivity contribution in [3.63, 3.8) is 0 Å². The van der Waals surface area contributed by atoms with E-state index in [2.05, 4.69) is 10.4 Å². The van der Waals surface area contributed by atoms with Crippen LogP contribution in [-0.4, -0.2) is 22.2 Å². The lowest BCUT2D eigenvalue weighted by Crippen LogP contribution is -2.26. The first-order chi connectivity index (χ1) is 10.2. The number of hydrogen-bond donors (Lipinski definition) is 1. The number of carbonyl (C=O) groups excluding carboxylic acids is 1. The van der Waals surface area contributed by atoms with Gasteiger partial charge in [-0.1, -0.05) is 32.1 Å². The van der Waals surface area contributed by atoms with Crippen LogP contribution in [0.3, 0.4) is 0 Å². The minimum atomic E-state index is 0.188. The van der Waals surface area contributed by atoms with Crippen LogP contribution < -0.4 is 5.32 Å². The highest BCUT2D eigenvalue weighted by molar-refractivity contribution is 5.76. The number of aromatic nitrogens is 2. The minimum absolute atomic E-state index is 0.188. The van der Waals surface area contributed by atoms with Crippen LogP contribution in [-0.2, 0) is 18.3 Å². The van der Waals surface area contributed by atoms with E-state index in [0.29, 0.717) is 6.42 Å². The molecule has 2 atom stereocenters. The SMILES string of the molecule is Cn1cc(CCC(=O)NC[C@@H]2C[C@H]2C2CCCCC2)cn1. The van der Waals surface area contributed by atoms with Gasteiger partial charge in [0.15, 0.2) is 0 Å². The monoisotopic (exact) mass is 289 g/mol. The van der Waals surface area contributed by atoms with E-state index >= 15 is 0 Å². The normalized spacial score (nSPS) is 25.8. The molecule has 4 heteroatoms. The maximum Gasteiger partial charge on any atom is 0.220 e. The second-order valence-corrected chi connectivity index (χ2v) is 6.88. The summed E-state index contributed by atoms with van der Waals surface area (Å²) in [6, 6.07) is 0. The second kappa shape index (κ2) is 6.63. The van der Waals surface area contributed by atoms with Crippen LogP contribution in [0.25, 0.3) is 0 Å². The third kappa shape index (κ3) is 4.08. The van der Waals surface area contributed by atoms with Crippen molar-refractivity contribution >= 4 is 5.91 Å². The summed E-state index contributed by atoms with van der Waals surface area (Å²) in [5.41, 5.74) is 1.14. The standard InChI is InChI=1S/C17H27N3O/c1-20-12-13(10-19-20)7-8-17(21)18-11-15-9-16(15)14-5-3-2-4-6-14/h10,12,14-16H,2-9,11H2,1H3,(H,18,21)/t15-,16-/m0/s1. The first kappa shape index (κ1) is 14.6. The number of amides is 1. The molecule has 116 valence electrons. The van der Waals surface area contributed by atoms with Crippen LogP contribution in [0, 0.1) is 17.8 Å². The van der Waals surface area contributed by atoms with Gasteiger partial charge in [0.25, 0.3) is 0 Å². The fourth-order valence-corrected chi connectivity index (χ4v) is 3.84. The third-order valence-electron chi connectivity index (χ3n) is 5.19. The highest BCUT2D eigenvalue weighted by Crippen LogP contribution is 2.48. The number of nitrogens with zero attached hydrogens (tertiary/aromatic N) is 2. The Morgan fingerprint density at radius 2 is 2.19 bits per heavy atom. The molecule has 2 fully saturated rings. The van der Waals surface area contributed by atoms with Crippen LogP contribution in [0.2, 0.25) is 0 Å². The molecule has 0 bridgehead atoms. The van der Waals surface area contributed by atoms with E-state index in [0.717, 1.165) is 36.3 Å². The molecule has 3 rings (SSSR count). The molecule has 2 aliphatic rings. The molecule has 0 radical (unpaired) electrons. The molecule has 1 aromatic rings.